The van der Waals surface area contributed by atoms with E-state index < -0.39 is 17.8 Å². The van der Waals surface area contributed by atoms with E-state index in [-0.39, 0.29) is 34.5 Å². The quantitative estimate of drug-likeness (QED) is 0.805. The van der Waals surface area contributed by atoms with E-state index in [4.69, 9.17) is 5.11 Å². The van der Waals surface area contributed by atoms with Crippen LogP contribution in [0.1, 0.15) is 41.2 Å². The maximum absolute atomic E-state index is 12.9. The van der Waals surface area contributed by atoms with Crippen LogP contribution in [0.3, 0.4) is 0 Å². The minimum absolute atomic E-state index is 0.0429. The van der Waals surface area contributed by atoms with Gasteiger partial charge in [-0.1, -0.05) is 13.8 Å². The van der Waals surface area contributed by atoms with Crippen molar-refractivity contribution in [3.63, 3.8) is 0 Å². The molecule has 0 aromatic carbocycles. The van der Waals surface area contributed by atoms with Gasteiger partial charge in [-0.15, -0.1) is 11.3 Å². The number of hydrogen-bond donors (Lipinski definition) is 1. The lowest BCUT2D eigenvalue weighted by Crippen LogP contribution is -2.35. The summed E-state index contributed by atoms with van der Waals surface area (Å²) in [6, 6.07) is 2.21. The highest BCUT2D eigenvalue weighted by atomic mass is 32.1. The fourth-order valence-electron chi connectivity index (χ4n) is 2.55. The molecule has 0 bridgehead atoms. The Labute approximate surface area is 152 Å². The molecule has 0 spiro atoms. The molecular formula is C17H19F3N2O3S. The Hall–Kier alpha value is -2.16. The number of halogens is 3. The summed E-state index contributed by atoms with van der Waals surface area (Å²) < 4.78 is 38.5. The van der Waals surface area contributed by atoms with E-state index in [1.807, 2.05) is 13.8 Å². The average molecular weight is 388 g/mol. The van der Waals surface area contributed by atoms with E-state index >= 15 is 0 Å². The first-order valence-electron chi connectivity index (χ1n) is 7.99. The zero-order chi connectivity index (χ0) is 19.6. The molecule has 2 aromatic heterocycles. The zero-order valence-electron chi connectivity index (χ0n) is 14.6. The number of fused-ring (bicyclic) bond motifs is 1. The fourth-order valence-corrected chi connectivity index (χ4v) is 3.70. The van der Waals surface area contributed by atoms with Crippen molar-refractivity contribution in [3.05, 3.63) is 28.3 Å². The van der Waals surface area contributed by atoms with Crippen LogP contribution in [0.4, 0.5) is 13.2 Å². The number of aryl methyl sites for hydroxylation is 1. The van der Waals surface area contributed by atoms with Crippen LogP contribution in [0, 0.1) is 12.8 Å². The van der Waals surface area contributed by atoms with E-state index in [0.717, 1.165) is 17.4 Å². The average Bonchev–Trinajstić information content (AvgIpc) is 2.86. The van der Waals surface area contributed by atoms with Crippen LogP contribution < -0.4 is 0 Å². The van der Waals surface area contributed by atoms with Crippen LogP contribution in [0.5, 0.6) is 0 Å². The molecule has 0 aliphatic heterocycles. The highest BCUT2D eigenvalue weighted by Gasteiger charge is 2.33. The predicted octanol–water partition coefficient (Wildman–Crippen LogP) is 4.20. The number of carboxylic acids is 1. The summed E-state index contributed by atoms with van der Waals surface area (Å²) in [5.74, 6) is -1.28. The number of rotatable bonds is 6. The third-order valence-electron chi connectivity index (χ3n) is 3.76. The number of hydrogen-bond acceptors (Lipinski definition) is 4. The monoisotopic (exact) mass is 388 g/mol. The number of carbonyl (C=O) groups excluding carboxylic acids is 1. The van der Waals surface area contributed by atoms with Gasteiger partial charge >= 0.3 is 12.1 Å². The second-order valence-electron chi connectivity index (χ2n) is 6.39. The van der Waals surface area contributed by atoms with Gasteiger partial charge < -0.3 is 10.0 Å². The summed E-state index contributed by atoms with van der Waals surface area (Å²) in [6.07, 6.45) is -4.75. The Balaban J connectivity index is 2.40. The van der Waals surface area contributed by atoms with E-state index in [2.05, 4.69) is 4.98 Å². The Morgan fingerprint density at radius 3 is 2.50 bits per heavy atom. The van der Waals surface area contributed by atoms with Gasteiger partial charge in [0.1, 0.15) is 10.5 Å². The lowest BCUT2D eigenvalue weighted by molar-refractivity contribution is -0.141. The van der Waals surface area contributed by atoms with Crippen molar-refractivity contribution in [1.82, 2.24) is 9.88 Å². The van der Waals surface area contributed by atoms with Crippen LogP contribution >= 0.6 is 11.3 Å². The van der Waals surface area contributed by atoms with Gasteiger partial charge in [0.05, 0.1) is 11.3 Å². The third-order valence-corrected chi connectivity index (χ3v) is 4.95. The molecule has 0 aliphatic rings. The number of thiophene rings is 1. The molecule has 0 aliphatic carbocycles. The van der Waals surface area contributed by atoms with E-state index in [0.29, 0.717) is 17.5 Å². The standard InChI is InChI=1S/C17H19F3N2O3S/c1-9(2)8-22(7-6-13(23)24)16(25)14-10(3)11-4-5-12(17(18,19)20)21-15(11)26-14/h4-5,9H,6-8H2,1-3H3,(H,23,24). The van der Waals surface area contributed by atoms with Gasteiger partial charge in [0.15, 0.2) is 0 Å². The minimum Gasteiger partial charge on any atom is -0.481 e. The lowest BCUT2D eigenvalue weighted by Gasteiger charge is -2.23. The summed E-state index contributed by atoms with van der Waals surface area (Å²) in [7, 11) is 0. The van der Waals surface area contributed by atoms with Gasteiger partial charge in [-0.3, -0.25) is 9.59 Å². The number of nitrogens with zero attached hydrogens (tertiary/aromatic N) is 2. The SMILES string of the molecule is Cc1c(C(=O)N(CCC(=O)O)CC(C)C)sc2nc(C(F)(F)F)ccc12. The molecule has 0 unspecified atom stereocenters. The zero-order valence-corrected chi connectivity index (χ0v) is 15.4. The molecule has 0 saturated heterocycles. The first kappa shape index (κ1) is 20.2. The van der Waals surface area contributed by atoms with Gasteiger partial charge in [0.25, 0.3) is 5.91 Å². The van der Waals surface area contributed by atoms with Crippen LogP contribution in [0.15, 0.2) is 12.1 Å². The van der Waals surface area contributed by atoms with Crippen LogP contribution in [0.25, 0.3) is 10.2 Å². The van der Waals surface area contributed by atoms with Gasteiger partial charge in [0, 0.05) is 18.5 Å². The smallest absolute Gasteiger partial charge is 0.433 e. The molecular weight excluding hydrogens is 369 g/mol. The van der Waals surface area contributed by atoms with Crippen molar-refractivity contribution in [3.8, 4) is 0 Å². The maximum Gasteiger partial charge on any atom is 0.433 e. The largest absolute Gasteiger partial charge is 0.481 e. The van der Waals surface area contributed by atoms with Gasteiger partial charge in [-0.2, -0.15) is 13.2 Å². The van der Waals surface area contributed by atoms with Crippen molar-refractivity contribution in [2.75, 3.05) is 13.1 Å². The Kier molecular flexibility index (Phi) is 5.90. The van der Waals surface area contributed by atoms with E-state index in [1.54, 1.807) is 6.92 Å². The number of aliphatic carboxylic acids is 1. The summed E-state index contributed by atoms with van der Waals surface area (Å²) in [6.45, 7) is 5.86. The summed E-state index contributed by atoms with van der Waals surface area (Å²) in [5.41, 5.74) is -0.449. The first-order chi connectivity index (χ1) is 12.0. The molecule has 9 heteroatoms. The van der Waals surface area contributed by atoms with Crippen molar-refractivity contribution in [1.29, 1.82) is 0 Å². The molecule has 1 N–H and O–H groups in total. The minimum atomic E-state index is -4.55. The van der Waals surface area contributed by atoms with Crippen molar-refractivity contribution in [2.24, 2.45) is 5.92 Å². The van der Waals surface area contributed by atoms with Crippen LogP contribution in [0.2, 0.25) is 0 Å². The second-order valence-corrected chi connectivity index (χ2v) is 7.39. The van der Waals surface area contributed by atoms with Gasteiger partial charge in [-0.25, -0.2) is 4.98 Å². The highest BCUT2D eigenvalue weighted by molar-refractivity contribution is 7.20. The van der Waals surface area contributed by atoms with Crippen molar-refractivity contribution < 1.29 is 27.9 Å². The molecule has 0 radical (unpaired) electrons. The third kappa shape index (κ3) is 4.51. The number of pyridine rings is 1. The number of aromatic nitrogens is 1. The highest BCUT2D eigenvalue weighted by Crippen LogP contribution is 2.34. The molecule has 142 valence electrons. The van der Waals surface area contributed by atoms with E-state index in [9.17, 15) is 22.8 Å². The summed E-state index contributed by atoms with van der Waals surface area (Å²) in [5, 5.41) is 9.37. The number of carboxylic acid groups (broad SMARTS) is 1. The fraction of sp³-hybridized carbons (Fsp3) is 0.471. The van der Waals surface area contributed by atoms with Crippen molar-refractivity contribution >= 4 is 33.4 Å². The predicted molar refractivity (Wildman–Crippen MR) is 92.4 cm³/mol. The Morgan fingerprint density at radius 1 is 1.31 bits per heavy atom. The van der Waals surface area contributed by atoms with Crippen molar-refractivity contribution in [2.45, 2.75) is 33.4 Å². The molecule has 2 aromatic rings. The molecule has 0 fully saturated rings. The molecule has 5 nitrogen and oxygen atoms in total. The molecule has 2 heterocycles. The van der Waals surface area contributed by atoms with Gasteiger partial charge in [0.2, 0.25) is 0 Å². The lowest BCUT2D eigenvalue weighted by atomic mass is 10.1. The molecule has 0 atom stereocenters. The normalized spacial score (nSPS) is 12.0. The number of amides is 1. The topological polar surface area (TPSA) is 70.5 Å². The molecule has 1 amide bonds. The Morgan fingerprint density at radius 2 is 1.96 bits per heavy atom. The first-order valence-corrected chi connectivity index (χ1v) is 8.80. The number of alkyl halides is 3. The van der Waals surface area contributed by atoms with E-state index in [1.165, 1.54) is 11.0 Å². The van der Waals surface area contributed by atoms with Crippen LogP contribution in [-0.2, 0) is 11.0 Å². The molecule has 0 saturated carbocycles. The van der Waals surface area contributed by atoms with Gasteiger partial charge in [-0.05, 0) is 30.5 Å². The van der Waals surface area contributed by atoms with Crippen LogP contribution in [-0.4, -0.2) is 40.0 Å². The molecule has 26 heavy (non-hydrogen) atoms. The Bertz CT molecular complexity index is 831. The summed E-state index contributed by atoms with van der Waals surface area (Å²) >= 11 is 0.902. The number of carbonyl (C=O) groups is 2. The maximum atomic E-state index is 12.9. The summed E-state index contributed by atoms with van der Waals surface area (Å²) in [4.78, 5) is 29.2. The molecule has 2 rings (SSSR count). The second kappa shape index (κ2) is 7.61.